The number of fused-ring (bicyclic) bond motifs is 5. The van der Waals surface area contributed by atoms with Gasteiger partial charge in [0.2, 0.25) is 0 Å². The van der Waals surface area contributed by atoms with Crippen molar-refractivity contribution in [3.8, 4) is 22.5 Å². The molecule has 0 amide bonds. The summed E-state index contributed by atoms with van der Waals surface area (Å²) in [7, 11) is 0. The second-order valence-corrected chi connectivity index (χ2v) is 6.79. The van der Waals surface area contributed by atoms with Crippen molar-refractivity contribution in [1.29, 1.82) is 0 Å². The highest BCUT2D eigenvalue weighted by Gasteiger charge is 2.17. The lowest BCUT2D eigenvalue weighted by Gasteiger charge is -2.07. The highest BCUT2D eigenvalue weighted by Crippen LogP contribution is 2.42. The highest BCUT2D eigenvalue weighted by molar-refractivity contribution is 6.21. The fraction of sp³-hybridized carbons (Fsp3) is 0. The van der Waals surface area contributed by atoms with Crippen LogP contribution in [0, 0.1) is 0 Å². The SMILES string of the molecule is c1c[nH]c(-c2cc3c(oc4cccc(-c5ccc[nH]5)c43)c3ccccc23)c1. The van der Waals surface area contributed by atoms with Gasteiger partial charge in [-0.05, 0) is 41.8 Å². The van der Waals surface area contributed by atoms with Crippen LogP contribution in [0.4, 0.5) is 0 Å². The van der Waals surface area contributed by atoms with E-state index >= 15 is 0 Å². The second kappa shape index (κ2) is 5.39. The predicted octanol–water partition coefficient (Wildman–Crippen LogP) is 6.73. The number of H-pyrrole nitrogens is 2. The Morgan fingerprint density at radius 3 is 2.07 bits per heavy atom. The van der Waals surface area contributed by atoms with Gasteiger partial charge in [-0.1, -0.05) is 36.4 Å². The Morgan fingerprint density at radius 2 is 1.33 bits per heavy atom. The monoisotopic (exact) mass is 348 g/mol. The van der Waals surface area contributed by atoms with E-state index in [1.54, 1.807) is 0 Å². The molecule has 0 spiro atoms. The molecule has 0 aliphatic carbocycles. The molecule has 0 bridgehead atoms. The lowest BCUT2D eigenvalue weighted by atomic mass is 9.96. The Morgan fingerprint density at radius 1 is 0.593 bits per heavy atom. The maximum Gasteiger partial charge on any atom is 0.143 e. The summed E-state index contributed by atoms with van der Waals surface area (Å²) in [6, 6.07) is 25.2. The van der Waals surface area contributed by atoms with Crippen molar-refractivity contribution < 1.29 is 4.42 Å². The quantitative estimate of drug-likeness (QED) is 0.358. The van der Waals surface area contributed by atoms with Gasteiger partial charge in [-0.15, -0.1) is 0 Å². The molecule has 0 aliphatic heterocycles. The van der Waals surface area contributed by atoms with Crippen LogP contribution in [0.2, 0.25) is 0 Å². The molecule has 3 aromatic heterocycles. The van der Waals surface area contributed by atoms with Crippen molar-refractivity contribution >= 4 is 32.7 Å². The van der Waals surface area contributed by atoms with Crippen molar-refractivity contribution in [2.75, 3.05) is 0 Å². The minimum atomic E-state index is 0.908. The summed E-state index contributed by atoms with van der Waals surface area (Å²) >= 11 is 0. The number of aromatic nitrogens is 2. The summed E-state index contributed by atoms with van der Waals surface area (Å²) in [6.45, 7) is 0. The van der Waals surface area contributed by atoms with E-state index in [1.165, 1.54) is 10.9 Å². The van der Waals surface area contributed by atoms with E-state index in [0.29, 0.717) is 0 Å². The van der Waals surface area contributed by atoms with E-state index < -0.39 is 0 Å². The van der Waals surface area contributed by atoms with E-state index in [-0.39, 0.29) is 0 Å². The molecule has 6 aromatic rings. The average Bonchev–Trinajstić information content (AvgIpc) is 3.47. The zero-order valence-electron chi connectivity index (χ0n) is 14.5. The van der Waals surface area contributed by atoms with Gasteiger partial charge in [0.05, 0.1) is 0 Å². The maximum atomic E-state index is 6.35. The smallest absolute Gasteiger partial charge is 0.143 e. The van der Waals surface area contributed by atoms with Gasteiger partial charge in [-0.3, -0.25) is 0 Å². The number of aromatic amines is 2. The lowest BCUT2D eigenvalue weighted by molar-refractivity contribution is 0.673. The third-order valence-electron chi connectivity index (χ3n) is 5.28. The maximum absolute atomic E-state index is 6.35. The number of hydrogen-bond acceptors (Lipinski definition) is 1. The molecular formula is C24H16N2O. The van der Waals surface area contributed by atoms with Crippen molar-refractivity contribution in [1.82, 2.24) is 9.97 Å². The molecule has 6 rings (SSSR count). The van der Waals surface area contributed by atoms with E-state index in [1.807, 2.05) is 30.6 Å². The van der Waals surface area contributed by atoms with Crippen molar-refractivity contribution in [3.05, 3.63) is 85.2 Å². The van der Waals surface area contributed by atoms with Crippen LogP contribution in [-0.2, 0) is 0 Å². The molecule has 2 N–H and O–H groups in total. The molecule has 128 valence electrons. The van der Waals surface area contributed by atoms with Gasteiger partial charge in [0.1, 0.15) is 11.2 Å². The first-order chi connectivity index (χ1) is 13.4. The van der Waals surface area contributed by atoms with Crippen molar-refractivity contribution in [2.45, 2.75) is 0 Å². The van der Waals surface area contributed by atoms with Crippen LogP contribution in [-0.4, -0.2) is 9.97 Å². The zero-order valence-corrected chi connectivity index (χ0v) is 14.5. The molecule has 0 aliphatic rings. The third kappa shape index (κ3) is 2.02. The number of rotatable bonds is 2. The Labute approximate surface area is 155 Å². The minimum absolute atomic E-state index is 0.908. The topological polar surface area (TPSA) is 44.7 Å². The largest absolute Gasteiger partial charge is 0.455 e. The molecule has 0 radical (unpaired) electrons. The summed E-state index contributed by atoms with van der Waals surface area (Å²) in [5.74, 6) is 0. The van der Waals surface area contributed by atoms with Gasteiger partial charge in [0.15, 0.2) is 0 Å². The van der Waals surface area contributed by atoms with E-state index in [0.717, 1.165) is 44.3 Å². The Balaban J connectivity index is 1.83. The zero-order chi connectivity index (χ0) is 17.8. The number of nitrogens with one attached hydrogen (secondary N) is 2. The molecule has 0 saturated carbocycles. The average molecular weight is 348 g/mol. The van der Waals surface area contributed by atoms with Crippen LogP contribution in [0.25, 0.3) is 55.2 Å². The summed E-state index contributed by atoms with van der Waals surface area (Å²) in [5, 5.41) is 4.60. The molecule has 3 aromatic carbocycles. The van der Waals surface area contributed by atoms with Crippen molar-refractivity contribution in [3.63, 3.8) is 0 Å². The van der Waals surface area contributed by atoms with Gasteiger partial charge in [0.25, 0.3) is 0 Å². The Bertz CT molecular complexity index is 1400. The fourth-order valence-corrected chi connectivity index (χ4v) is 4.09. The number of benzene rings is 3. The van der Waals surface area contributed by atoms with E-state index in [4.69, 9.17) is 4.42 Å². The standard InChI is InChI=1S/C24H16N2O/c1-2-7-16-15(6-1)18(21-10-5-13-26-21)14-19-23-17(20-9-4-12-25-20)8-3-11-22(23)27-24(16)19/h1-14,25-26H. The molecule has 27 heavy (non-hydrogen) atoms. The highest BCUT2D eigenvalue weighted by atomic mass is 16.3. The first kappa shape index (κ1) is 14.4. The van der Waals surface area contributed by atoms with Crippen LogP contribution in [0.5, 0.6) is 0 Å². The first-order valence-electron chi connectivity index (χ1n) is 9.04. The summed E-state index contributed by atoms with van der Waals surface area (Å²) in [5.41, 5.74) is 6.40. The third-order valence-corrected chi connectivity index (χ3v) is 5.28. The molecule has 0 fully saturated rings. The van der Waals surface area contributed by atoms with Crippen LogP contribution in [0.3, 0.4) is 0 Å². The molecule has 3 nitrogen and oxygen atoms in total. The van der Waals surface area contributed by atoms with Crippen LogP contribution >= 0.6 is 0 Å². The fourth-order valence-electron chi connectivity index (χ4n) is 4.09. The second-order valence-electron chi connectivity index (χ2n) is 6.79. The summed E-state index contributed by atoms with van der Waals surface area (Å²) in [6.07, 6.45) is 3.92. The molecule has 0 unspecified atom stereocenters. The minimum Gasteiger partial charge on any atom is -0.455 e. The molecule has 0 saturated heterocycles. The van der Waals surface area contributed by atoms with Gasteiger partial charge in [-0.2, -0.15) is 0 Å². The normalized spacial score (nSPS) is 11.7. The van der Waals surface area contributed by atoms with Crippen LogP contribution in [0.1, 0.15) is 0 Å². The number of hydrogen-bond donors (Lipinski definition) is 2. The van der Waals surface area contributed by atoms with E-state index in [2.05, 4.69) is 64.6 Å². The molecule has 3 heterocycles. The number of furan rings is 1. The van der Waals surface area contributed by atoms with Gasteiger partial charge in [-0.25, -0.2) is 0 Å². The van der Waals surface area contributed by atoms with E-state index in [9.17, 15) is 0 Å². The van der Waals surface area contributed by atoms with Gasteiger partial charge >= 0.3 is 0 Å². The summed E-state index contributed by atoms with van der Waals surface area (Å²) < 4.78 is 6.35. The molecule has 3 heteroatoms. The van der Waals surface area contributed by atoms with Crippen molar-refractivity contribution in [2.24, 2.45) is 0 Å². The van der Waals surface area contributed by atoms with Gasteiger partial charge < -0.3 is 14.4 Å². The summed E-state index contributed by atoms with van der Waals surface area (Å²) in [4.78, 5) is 6.69. The van der Waals surface area contributed by atoms with Gasteiger partial charge in [0, 0.05) is 51.1 Å². The predicted molar refractivity (Wildman–Crippen MR) is 111 cm³/mol. The Kier molecular flexibility index (Phi) is 2.88. The lowest BCUT2D eigenvalue weighted by Crippen LogP contribution is -1.83. The van der Waals surface area contributed by atoms with Crippen LogP contribution in [0.15, 0.2) is 89.6 Å². The molecule has 0 atom stereocenters. The van der Waals surface area contributed by atoms with Crippen LogP contribution < -0.4 is 0 Å². The molecular weight excluding hydrogens is 332 g/mol. The first-order valence-corrected chi connectivity index (χ1v) is 9.04. The Hall–Kier alpha value is -3.72.